The predicted octanol–water partition coefficient (Wildman–Crippen LogP) is -2.22. The molecule has 5 rings (SSSR count). The second-order valence-electron chi connectivity index (χ2n) is 10.7. The summed E-state index contributed by atoms with van der Waals surface area (Å²) in [5, 5.41) is 11.5. The average molecular weight is 497 g/mol. The highest BCUT2D eigenvalue weighted by atomic mass is 19.1. The quantitative estimate of drug-likeness (QED) is 0.288. The highest BCUT2D eigenvalue weighted by Gasteiger charge is 2.48. The molecule has 5 aliphatic heterocycles. The maximum absolute atomic E-state index is 13.8. The van der Waals surface area contributed by atoms with E-state index in [0.29, 0.717) is 13.1 Å². The zero-order chi connectivity index (χ0) is 24.5. The minimum absolute atomic E-state index is 0.0386. The first-order valence-electron chi connectivity index (χ1n) is 13.2. The van der Waals surface area contributed by atoms with Gasteiger partial charge in [-0.3, -0.25) is 19.8 Å². The van der Waals surface area contributed by atoms with Crippen LogP contribution in [0.2, 0.25) is 0 Å². The van der Waals surface area contributed by atoms with Crippen LogP contribution in [0.4, 0.5) is 4.39 Å². The van der Waals surface area contributed by atoms with E-state index in [0.717, 1.165) is 51.9 Å². The Hall–Kier alpha value is -1.41. The molecule has 6 unspecified atom stereocenters. The molecule has 5 heterocycles. The van der Waals surface area contributed by atoms with Crippen LogP contribution in [0.5, 0.6) is 0 Å². The normalized spacial score (nSPS) is 39.5. The van der Waals surface area contributed by atoms with Crippen molar-refractivity contribution in [1.29, 1.82) is 0 Å². The second kappa shape index (κ2) is 10.9. The third-order valence-corrected chi connectivity index (χ3v) is 8.53. The number of piperidine rings is 2. The average Bonchev–Trinajstić information content (AvgIpc) is 3.47. The van der Waals surface area contributed by atoms with Gasteiger partial charge in [0.15, 0.2) is 0 Å². The molecule has 5 fully saturated rings. The van der Waals surface area contributed by atoms with Gasteiger partial charge in [0, 0.05) is 51.8 Å². The van der Waals surface area contributed by atoms with Crippen LogP contribution in [-0.4, -0.2) is 123 Å². The number of fused-ring (bicyclic) bond motifs is 1. The molecule has 35 heavy (non-hydrogen) atoms. The van der Waals surface area contributed by atoms with Gasteiger partial charge in [0.05, 0.1) is 30.4 Å². The van der Waals surface area contributed by atoms with Gasteiger partial charge in [-0.2, -0.15) is 0 Å². The van der Waals surface area contributed by atoms with E-state index in [4.69, 9.17) is 10.5 Å². The first-order chi connectivity index (χ1) is 16.9. The second-order valence-corrected chi connectivity index (χ2v) is 10.7. The lowest BCUT2D eigenvalue weighted by Crippen LogP contribution is -2.64. The van der Waals surface area contributed by atoms with E-state index in [9.17, 15) is 14.0 Å². The zero-order valence-electron chi connectivity index (χ0n) is 20.6. The lowest BCUT2D eigenvalue weighted by atomic mass is 9.90. The molecule has 7 atom stereocenters. The minimum Gasteiger partial charge on any atom is -0.380 e. The van der Waals surface area contributed by atoms with Gasteiger partial charge in [-0.15, -0.1) is 0 Å². The molecule has 0 spiro atoms. The summed E-state index contributed by atoms with van der Waals surface area (Å²) < 4.78 is 19.2. The van der Waals surface area contributed by atoms with Crippen LogP contribution in [0.15, 0.2) is 0 Å². The molecular weight excluding hydrogens is 455 g/mol. The predicted molar refractivity (Wildman–Crippen MR) is 127 cm³/mol. The molecule has 198 valence electrons. The molecule has 11 nitrogen and oxygen atoms in total. The molecule has 12 heteroatoms. The third kappa shape index (κ3) is 5.34. The van der Waals surface area contributed by atoms with Gasteiger partial charge in [0.1, 0.15) is 6.17 Å². The van der Waals surface area contributed by atoms with Crippen LogP contribution in [0.25, 0.3) is 0 Å². The Morgan fingerprint density at radius 2 is 1.89 bits per heavy atom. The van der Waals surface area contributed by atoms with Crippen LogP contribution >= 0.6 is 0 Å². The molecule has 5 saturated heterocycles. The number of hydrogen-bond acceptors (Lipinski definition) is 9. The highest BCUT2D eigenvalue weighted by molar-refractivity contribution is 5.81. The Morgan fingerprint density at radius 3 is 2.63 bits per heavy atom. The molecule has 0 aromatic carbocycles. The zero-order valence-corrected chi connectivity index (χ0v) is 20.6. The summed E-state index contributed by atoms with van der Waals surface area (Å²) in [7, 11) is 1.71. The Kier molecular flexibility index (Phi) is 7.87. The van der Waals surface area contributed by atoms with E-state index < -0.39 is 18.3 Å². The number of amides is 2. The molecule has 0 radical (unpaired) electrons. The van der Waals surface area contributed by atoms with Gasteiger partial charge in [0.2, 0.25) is 11.8 Å². The lowest BCUT2D eigenvalue weighted by Gasteiger charge is -2.44. The number of carbonyl (C=O) groups is 2. The van der Waals surface area contributed by atoms with E-state index in [1.807, 2.05) is 4.90 Å². The molecular formula is C23H41FN8O3. The standard InChI is InChI=1S/C23H41FN8O3/c1-35-16-5-9-31(13-16)23(34)14-3-7-30(8-4-14)18-2-6-26-11-17(18)28-22(33)19-20(25)29-32-12-15(24)10-27-21(19)32/h14-21,26-27,29H,2-13,25H2,1H3,(H,28,33)/t15?,16-,17?,18?,19?,20?,21?/m0/s1. The fourth-order valence-corrected chi connectivity index (χ4v) is 6.54. The number of rotatable bonds is 5. The van der Waals surface area contributed by atoms with Crippen LogP contribution in [0, 0.1) is 11.8 Å². The fraction of sp³-hybridized carbons (Fsp3) is 0.913. The Labute approximate surface area is 206 Å². The smallest absolute Gasteiger partial charge is 0.229 e. The molecule has 0 saturated carbocycles. The summed E-state index contributed by atoms with van der Waals surface area (Å²) in [6, 6.07) is 0.181. The number of ether oxygens (including phenoxy) is 1. The molecule has 0 aliphatic carbocycles. The van der Waals surface area contributed by atoms with Crippen molar-refractivity contribution >= 4 is 11.8 Å². The van der Waals surface area contributed by atoms with Gasteiger partial charge < -0.3 is 26.0 Å². The summed E-state index contributed by atoms with van der Waals surface area (Å²) in [4.78, 5) is 30.7. The number of methoxy groups -OCH3 is 1. The summed E-state index contributed by atoms with van der Waals surface area (Å²) in [6.07, 6.45) is 1.87. The fourth-order valence-electron chi connectivity index (χ4n) is 6.54. The van der Waals surface area contributed by atoms with E-state index in [1.165, 1.54) is 0 Å². The van der Waals surface area contributed by atoms with Crippen molar-refractivity contribution in [2.45, 2.75) is 62.4 Å². The van der Waals surface area contributed by atoms with Crippen LogP contribution in [0.3, 0.4) is 0 Å². The minimum atomic E-state index is -0.985. The summed E-state index contributed by atoms with van der Waals surface area (Å²) in [6.45, 7) is 5.26. The molecule has 0 bridgehead atoms. The highest BCUT2D eigenvalue weighted by Crippen LogP contribution is 2.27. The van der Waals surface area contributed by atoms with Crippen molar-refractivity contribution < 1.29 is 18.7 Å². The monoisotopic (exact) mass is 496 g/mol. The number of hydrazine groups is 1. The Balaban J connectivity index is 1.15. The number of alkyl halides is 1. The molecule has 6 N–H and O–H groups in total. The van der Waals surface area contributed by atoms with Crippen LogP contribution in [0.1, 0.15) is 25.7 Å². The first kappa shape index (κ1) is 25.2. The van der Waals surface area contributed by atoms with Gasteiger partial charge in [0.25, 0.3) is 0 Å². The van der Waals surface area contributed by atoms with E-state index in [2.05, 4.69) is 26.3 Å². The van der Waals surface area contributed by atoms with Crippen molar-refractivity contribution in [3.63, 3.8) is 0 Å². The van der Waals surface area contributed by atoms with Crippen molar-refractivity contribution in [3.8, 4) is 0 Å². The number of halogens is 1. The van der Waals surface area contributed by atoms with Crippen LogP contribution in [-0.2, 0) is 14.3 Å². The summed E-state index contributed by atoms with van der Waals surface area (Å²) in [5.74, 6) is -0.262. The first-order valence-corrected chi connectivity index (χ1v) is 13.2. The van der Waals surface area contributed by atoms with E-state index in [-0.39, 0.29) is 55.2 Å². The summed E-state index contributed by atoms with van der Waals surface area (Å²) in [5.41, 5.74) is 9.29. The number of hydrogen-bond donors (Lipinski definition) is 5. The Morgan fingerprint density at radius 1 is 1.09 bits per heavy atom. The molecule has 2 amide bonds. The largest absolute Gasteiger partial charge is 0.380 e. The maximum atomic E-state index is 13.8. The van der Waals surface area contributed by atoms with Crippen molar-refractivity contribution in [3.05, 3.63) is 0 Å². The van der Waals surface area contributed by atoms with E-state index in [1.54, 1.807) is 12.1 Å². The SMILES string of the molecule is CO[C@H]1CCN(C(=O)C2CCN(C3CCNCC3NC(=O)C3C(N)NN4CC(F)CNC34)CC2)C1. The topological polar surface area (TPSA) is 127 Å². The van der Waals surface area contributed by atoms with E-state index >= 15 is 0 Å². The van der Waals surface area contributed by atoms with Crippen molar-refractivity contribution in [2.75, 3.05) is 59.5 Å². The van der Waals surface area contributed by atoms with Crippen molar-refractivity contribution in [2.24, 2.45) is 17.6 Å². The number of nitrogens with zero attached hydrogens (tertiary/aromatic N) is 3. The van der Waals surface area contributed by atoms with Crippen LogP contribution < -0.4 is 27.1 Å². The molecule has 5 aliphatic rings. The van der Waals surface area contributed by atoms with Gasteiger partial charge in [-0.1, -0.05) is 0 Å². The maximum Gasteiger partial charge on any atom is 0.229 e. The third-order valence-electron chi connectivity index (χ3n) is 8.53. The lowest BCUT2D eigenvalue weighted by molar-refractivity contribution is -0.136. The number of nitrogens with one attached hydrogen (secondary N) is 4. The number of carbonyl (C=O) groups excluding carboxylic acids is 2. The van der Waals surface area contributed by atoms with Gasteiger partial charge in [-0.25, -0.2) is 14.8 Å². The molecule has 0 aromatic rings. The van der Waals surface area contributed by atoms with Crippen molar-refractivity contribution in [1.82, 2.24) is 36.2 Å². The van der Waals surface area contributed by atoms with Gasteiger partial charge in [-0.05, 0) is 45.3 Å². The molecule has 0 aromatic heterocycles. The number of nitrogens with two attached hydrogens (primary N) is 1. The number of likely N-dealkylation sites (tertiary alicyclic amines) is 2. The summed E-state index contributed by atoms with van der Waals surface area (Å²) >= 11 is 0. The Bertz CT molecular complexity index is 769. The van der Waals surface area contributed by atoms with Gasteiger partial charge >= 0.3 is 0 Å².